The van der Waals surface area contributed by atoms with Crippen molar-refractivity contribution in [1.82, 2.24) is 4.90 Å². The van der Waals surface area contributed by atoms with Crippen LogP contribution in [0.4, 0.5) is 0 Å². The van der Waals surface area contributed by atoms with Crippen LogP contribution in [-0.2, 0) is 11.3 Å². The van der Waals surface area contributed by atoms with Crippen LogP contribution >= 0.6 is 15.9 Å². The molecule has 1 saturated heterocycles. The molecular formula is C16H24BrNO. The number of aryl methyl sites for hydroxylation is 3. The van der Waals surface area contributed by atoms with Crippen molar-refractivity contribution in [2.75, 3.05) is 18.4 Å². The number of ether oxygens (including phenoxy) is 1. The number of halogens is 1. The average Bonchev–Trinajstić information content (AvgIpc) is 2.33. The van der Waals surface area contributed by atoms with Gasteiger partial charge in [0.05, 0.1) is 12.2 Å². The summed E-state index contributed by atoms with van der Waals surface area (Å²) in [7, 11) is 0. The standard InChI is InChI=1S/C16H24BrNO/c1-11-5-12(2)16(13(3)6-11)10-18-8-14(4)19-15(7-17)9-18/h5-6,14-15H,7-10H2,1-4H3. The second-order valence-corrected chi connectivity index (χ2v) is 6.44. The Hall–Kier alpha value is -0.380. The molecule has 3 heteroatoms. The SMILES string of the molecule is Cc1cc(C)c(CN2CC(C)OC(CBr)C2)c(C)c1. The molecule has 0 saturated carbocycles. The van der Waals surface area contributed by atoms with Gasteiger partial charge in [0, 0.05) is 25.0 Å². The highest BCUT2D eigenvalue weighted by Crippen LogP contribution is 2.21. The van der Waals surface area contributed by atoms with Crippen molar-refractivity contribution in [1.29, 1.82) is 0 Å². The topological polar surface area (TPSA) is 12.5 Å². The molecule has 1 heterocycles. The van der Waals surface area contributed by atoms with Crippen molar-refractivity contribution >= 4 is 15.9 Å². The Morgan fingerprint density at radius 2 is 1.84 bits per heavy atom. The summed E-state index contributed by atoms with van der Waals surface area (Å²) in [5, 5.41) is 0.916. The van der Waals surface area contributed by atoms with Gasteiger partial charge in [0.1, 0.15) is 0 Å². The van der Waals surface area contributed by atoms with Crippen molar-refractivity contribution in [2.45, 2.75) is 46.4 Å². The highest BCUT2D eigenvalue weighted by Gasteiger charge is 2.25. The molecule has 0 spiro atoms. The van der Waals surface area contributed by atoms with Gasteiger partial charge in [-0.25, -0.2) is 0 Å². The lowest BCUT2D eigenvalue weighted by atomic mass is 9.99. The monoisotopic (exact) mass is 325 g/mol. The van der Waals surface area contributed by atoms with E-state index in [0.29, 0.717) is 12.2 Å². The molecule has 1 fully saturated rings. The second-order valence-electron chi connectivity index (χ2n) is 5.79. The van der Waals surface area contributed by atoms with Gasteiger partial charge in [-0.2, -0.15) is 0 Å². The smallest absolute Gasteiger partial charge is 0.0802 e. The second kappa shape index (κ2) is 6.38. The summed E-state index contributed by atoms with van der Waals surface area (Å²) >= 11 is 3.54. The van der Waals surface area contributed by atoms with Crippen molar-refractivity contribution in [3.8, 4) is 0 Å². The molecule has 1 aromatic carbocycles. The molecule has 0 bridgehead atoms. The van der Waals surface area contributed by atoms with Gasteiger partial charge in [-0.1, -0.05) is 33.6 Å². The van der Waals surface area contributed by atoms with E-state index in [1.165, 1.54) is 22.3 Å². The third kappa shape index (κ3) is 3.80. The van der Waals surface area contributed by atoms with Gasteiger partial charge in [0.25, 0.3) is 0 Å². The van der Waals surface area contributed by atoms with Crippen LogP contribution in [-0.4, -0.2) is 35.5 Å². The molecule has 1 aromatic rings. The third-order valence-corrected chi connectivity index (χ3v) is 4.52. The molecule has 2 rings (SSSR count). The third-order valence-electron chi connectivity index (χ3n) is 3.80. The van der Waals surface area contributed by atoms with E-state index < -0.39 is 0 Å². The number of rotatable bonds is 3. The van der Waals surface area contributed by atoms with Crippen LogP contribution in [0.5, 0.6) is 0 Å². The Labute approximate surface area is 125 Å². The molecule has 2 unspecified atom stereocenters. The van der Waals surface area contributed by atoms with Crippen LogP contribution in [0.25, 0.3) is 0 Å². The van der Waals surface area contributed by atoms with E-state index in [1.54, 1.807) is 0 Å². The predicted octanol–water partition coefficient (Wildman–Crippen LogP) is 3.60. The minimum absolute atomic E-state index is 0.315. The Morgan fingerprint density at radius 1 is 1.21 bits per heavy atom. The molecule has 0 aromatic heterocycles. The van der Waals surface area contributed by atoms with E-state index in [1.807, 2.05) is 0 Å². The van der Waals surface area contributed by atoms with Crippen molar-refractivity contribution < 1.29 is 4.74 Å². The number of benzene rings is 1. The lowest BCUT2D eigenvalue weighted by molar-refractivity contribution is -0.0678. The first kappa shape index (κ1) is 15.0. The van der Waals surface area contributed by atoms with E-state index in [-0.39, 0.29) is 0 Å². The van der Waals surface area contributed by atoms with Crippen LogP contribution in [0.15, 0.2) is 12.1 Å². The first-order valence-electron chi connectivity index (χ1n) is 7.00. The van der Waals surface area contributed by atoms with Gasteiger partial charge in [-0.05, 0) is 44.4 Å². The summed E-state index contributed by atoms with van der Waals surface area (Å²) in [6, 6.07) is 4.57. The molecule has 2 atom stereocenters. The summed E-state index contributed by atoms with van der Waals surface area (Å²) in [5.41, 5.74) is 5.65. The number of nitrogens with zero attached hydrogens (tertiary/aromatic N) is 1. The fourth-order valence-electron chi connectivity index (χ4n) is 3.04. The molecule has 2 nitrogen and oxygen atoms in total. The average molecular weight is 326 g/mol. The normalized spacial score (nSPS) is 24.7. The first-order chi connectivity index (χ1) is 8.99. The Balaban J connectivity index is 2.12. The van der Waals surface area contributed by atoms with Gasteiger partial charge in [0.2, 0.25) is 0 Å². The van der Waals surface area contributed by atoms with E-state index in [2.05, 4.69) is 60.7 Å². The van der Waals surface area contributed by atoms with Crippen molar-refractivity contribution in [3.05, 3.63) is 34.4 Å². The van der Waals surface area contributed by atoms with Gasteiger partial charge < -0.3 is 4.74 Å². The van der Waals surface area contributed by atoms with Crippen LogP contribution < -0.4 is 0 Å². The van der Waals surface area contributed by atoms with Crippen molar-refractivity contribution in [3.63, 3.8) is 0 Å². The maximum absolute atomic E-state index is 5.89. The van der Waals surface area contributed by atoms with Crippen LogP contribution in [0, 0.1) is 20.8 Å². The number of hydrogen-bond donors (Lipinski definition) is 0. The molecule has 1 aliphatic rings. The molecule has 19 heavy (non-hydrogen) atoms. The molecule has 1 aliphatic heterocycles. The molecule has 106 valence electrons. The quantitative estimate of drug-likeness (QED) is 0.787. The molecular weight excluding hydrogens is 302 g/mol. The zero-order chi connectivity index (χ0) is 14.0. The van der Waals surface area contributed by atoms with Crippen LogP contribution in [0.3, 0.4) is 0 Å². The van der Waals surface area contributed by atoms with E-state index in [4.69, 9.17) is 4.74 Å². The lowest BCUT2D eigenvalue weighted by Gasteiger charge is -2.36. The number of hydrogen-bond acceptors (Lipinski definition) is 2. The molecule has 0 aliphatic carbocycles. The lowest BCUT2D eigenvalue weighted by Crippen LogP contribution is -2.46. The summed E-state index contributed by atoms with van der Waals surface area (Å²) in [4.78, 5) is 2.52. The minimum Gasteiger partial charge on any atom is -0.372 e. The fourth-order valence-corrected chi connectivity index (χ4v) is 3.40. The van der Waals surface area contributed by atoms with Gasteiger partial charge in [-0.3, -0.25) is 4.90 Å². The number of morpholine rings is 1. The maximum Gasteiger partial charge on any atom is 0.0802 e. The van der Waals surface area contributed by atoms with E-state index in [0.717, 1.165) is 25.0 Å². The van der Waals surface area contributed by atoms with Gasteiger partial charge >= 0.3 is 0 Å². The van der Waals surface area contributed by atoms with Gasteiger partial charge in [0.15, 0.2) is 0 Å². The zero-order valence-corrected chi connectivity index (χ0v) is 14.0. The Kier molecular flexibility index (Phi) is 5.04. The van der Waals surface area contributed by atoms with Crippen LogP contribution in [0.2, 0.25) is 0 Å². The van der Waals surface area contributed by atoms with E-state index in [9.17, 15) is 0 Å². The molecule has 0 radical (unpaired) electrons. The first-order valence-corrected chi connectivity index (χ1v) is 8.12. The minimum atomic E-state index is 0.315. The summed E-state index contributed by atoms with van der Waals surface area (Å²) in [6.07, 6.45) is 0.636. The van der Waals surface area contributed by atoms with Crippen LogP contribution in [0.1, 0.15) is 29.2 Å². The maximum atomic E-state index is 5.89. The fraction of sp³-hybridized carbons (Fsp3) is 0.625. The highest BCUT2D eigenvalue weighted by atomic mass is 79.9. The molecule has 0 amide bonds. The zero-order valence-electron chi connectivity index (χ0n) is 12.4. The summed E-state index contributed by atoms with van der Waals surface area (Å²) in [5.74, 6) is 0. The molecule has 0 N–H and O–H groups in total. The highest BCUT2D eigenvalue weighted by molar-refractivity contribution is 9.09. The largest absolute Gasteiger partial charge is 0.372 e. The number of alkyl halides is 1. The Morgan fingerprint density at radius 3 is 2.42 bits per heavy atom. The predicted molar refractivity (Wildman–Crippen MR) is 84.1 cm³/mol. The summed E-state index contributed by atoms with van der Waals surface area (Å²) in [6.45, 7) is 11.9. The van der Waals surface area contributed by atoms with Gasteiger partial charge in [-0.15, -0.1) is 0 Å². The van der Waals surface area contributed by atoms with Crippen molar-refractivity contribution in [2.24, 2.45) is 0 Å². The Bertz CT molecular complexity index is 423. The summed E-state index contributed by atoms with van der Waals surface area (Å²) < 4.78 is 5.89. The van der Waals surface area contributed by atoms with E-state index >= 15 is 0 Å².